The fourth-order valence-electron chi connectivity index (χ4n) is 2.81. The predicted molar refractivity (Wildman–Crippen MR) is 93.2 cm³/mol. The van der Waals surface area contributed by atoms with E-state index in [1.807, 2.05) is 30.5 Å². The number of nitrogens with two attached hydrogens (primary N) is 1. The monoisotopic (exact) mass is 308 g/mol. The SMILES string of the molecule is CCCCc1cnc(N)nc1-c1cn(C)c(=O)c2ccccc12. The summed E-state index contributed by atoms with van der Waals surface area (Å²) in [7, 11) is 1.76. The summed E-state index contributed by atoms with van der Waals surface area (Å²) in [4.78, 5) is 20.9. The highest BCUT2D eigenvalue weighted by Gasteiger charge is 2.14. The number of anilines is 1. The Morgan fingerprint density at radius 1 is 1.22 bits per heavy atom. The molecule has 0 atom stereocenters. The molecule has 118 valence electrons. The van der Waals surface area contributed by atoms with Gasteiger partial charge in [0.1, 0.15) is 0 Å². The zero-order valence-electron chi connectivity index (χ0n) is 13.4. The highest BCUT2D eigenvalue weighted by atomic mass is 16.1. The van der Waals surface area contributed by atoms with E-state index >= 15 is 0 Å². The van der Waals surface area contributed by atoms with Gasteiger partial charge in [0.05, 0.1) is 5.69 Å². The minimum atomic E-state index is -0.0125. The molecule has 3 aromatic rings. The molecule has 0 fully saturated rings. The van der Waals surface area contributed by atoms with Crippen LogP contribution in [0.2, 0.25) is 0 Å². The molecule has 2 aromatic heterocycles. The molecular formula is C18H20N4O. The van der Waals surface area contributed by atoms with Crippen LogP contribution in [0.15, 0.2) is 41.5 Å². The molecule has 0 spiro atoms. The summed E-state index contributed by atoms with van der Waals surface area (Å²) < 4.78 is 1.60. The number of unbranched alkanes of at least 4 members (excludes halogenated alkanes) is 1. The third-order valence-electron chi connectivity index (χ3n) is 4.03. The van der Waals surface area contributed by atoms with E-state index in [2.05, 4.69) is 16.9 Å². The van der Waals surface area contributed by atoms with Crippen LogP contribution in [-0.4, -0.2) is 14.5 Å². The van der Waals surface area contributed by atoms with Gasteiger partial charge in [0, 0.05) is 30.4 Å². The van der Waals surface area contributed by atoms with Crippen LogP contribution in [0.3, 0.4) is 0 Å². The number of aromatic nitrogens is 3. The Bertz CT molecular complexity index is 915. The van der Waals surface area contributed by atoms with Crippen molar-refractivity contribution in [2.45, 2.75) is 26.2 Å². The van der Waals surface area contributed by atoms with Crippen LogP contribution in [-0.2, 0) is 13.5 Å². The van der Waals surface area contributed by atoms with Crippen molar-refractivity contribution in [2.75, 3.05) is 5.73 Å². The number of nitrogens with zero attached hydrogens (tertiary/aromatic N) is 3. The average molecular weight is 308 g/mol. The summed E-state index contributed by atoms with van der Waals surface area (Å²) >= 11 is 0. The molecule has 3 rings (SSSR count). The van der Waals surface area contributed by atoms with Crippen LogP contribution in [0.4, 0.5) is 5.95 Å². The van der Waals surface area contributed by atoms with E-state index in [0.717, 1.165) is 41.5 Å². The fraction of sp³-hybridized carbons (Fsp3) is 0.278. The zero-order valence-corrected chi connectivity index (χ0v) is 13.4. The first-order valence-electron chi connectivity index (χ1n) is 7.82. The van der Waals surface area contributed by atoms with Gasteiger partial charge < -0.3 is 10.3 Å². The van der Waals surface area contributed by atoms with Gasteiger partial charge in [0.15, 0.2) is 0 Å². The molecule has 1 aromatic carbocycles. The number of hydrogen-bond acceptors (Lipinski definition) is 4. The quantitative estimate of drug-likeness (QED) is 0.804. The molecule has 2 heterocycles. The van der Waals surface area contributed by atoms with E-state index in [-0.39, 0.29) is 11.5 Å². The molecular weight excluding hydrogens is 288 g/mol. The zero-order chi connectivity index (χ0) is 16.4. The van der Waals surface area contributed by atoms with Crippen molar-refractivity contribution < 1.29 is 0 Å². The maximum absolute atomic E-state index is 12.3. The normalized spacial score (nSPS) is 11.0. The molecule has 5 nitrogen and oxygen atoms in total. The smallest absolute Gasteiger partial charge is 0.258 e. The third-order valence-corrected chi connectivity index (χ3v) is 4.03. The van der Waals surface area contributed by atoms with E-state index in [9.17, 15) is 4.79 Å². The Kier molecular flexibility index (Phi) is 4.10. The summed E-state index contributed by atoms with van der Waals surface area (Å²) in [5, 5.41) is 1.58. The Morgan fingerprint density at radius 3 is 2.70 bits per heavy atom. The first-order valence-corrected chi connectivity index (χ1v) is 7.82. The maximum Gasteiger partial charge on any atom is 0.258 e. The minimum Gasteiger partial charge on any atom is -0.368 e. The van der Waals surface area contributed by atoms with Gasteiger partial charge in [0.25, 0.3) is 5.56 Å². The topological polar surface area (TPSA) is 73.8 Å². The van der Waals surface area contributed by atoms with E-state index in [1.165, 1.54) is 0 Å². The van der Waals surface area contributed by atoms with Crippen LogP contribution in [0.25, 0.3) is 22.0 Å². The lowest BCUT2D eigenvalue weighted by Crippen LogP contribution is -2.17. The Hall–Kier alpha value is -2.69. The summed E-state index contributed by atoms with van der Waals surface area (Å²) in [5.74, 6) is 0.248. The average Bonchev–Trinajstić information content (AvgIpc) is 2.57. The second-order valence-electron chi connectivity index (χ2n) is 5.71. The number of nitrogen functional groups attached to an aromatic ring is 1. The molecule has 0 bridgehead atoms. The van der Waals surface area contributed by atoms with Gasteiger partial charge in [-0.25, -0.2) is 9.97 Å². The van der Waals surface area contributed by atoms with Gasteiger partial charge in [0.2, 0.25) is 5.95 Å². The van der Waals surface area contributed by atoms with Crippen molar-refractivity contribution in [1.82, 2.24) is 14.5 Å². The number of pyridine rings is 1. The number of hydrogen-bond donors (Lipinski definition) is 1. The van der Waals surface area contributed by atoms with Crippen molar-refractivity contribution in [3.05, 3.63) is 52.6 Å². The van der Waals surface area contributed by atoms with Crippen molar-refractivity contribution in [3.8, 4) is 11.3 Å². The number of rotatable bonds is 4. The molecule has 0 saturated carbocycles. The Morgan fingerprint density at radius 2 is 1.96 bits per heavy atom. The Balaban J connectivity index is 2.31. The van der Waals surface area contributed by atoms with Gasteiger partial charge in [-0.3, -0.25) is 4.79 Å². The molecule has 0 saturated heterocycles. The van der Waals surface area contributed by atoms with Crippen LogP contribution in [0.5, 0.6) is 0 Å². The Labute approximate surface area is 134 Å². The van der Waals surface area contributed by atoms with Crippen LogP contribution >= 0.6 is 0 Å². The molecule has 2 N–H and O–H groups in total. The lowest BCUT2D eigenvalue weighted by atomic mass is 9.99. The number of aryl methyl sites for hydroxylation is 2. The molecule has 0 aliphatic carbocycles. The first-order chi connectivity index (χ1) is 11.1. The minimum absolute atomic E-state index is 0.0125. The van der Waals surface area contributed by atoms with Crippen molar-refractivity contribution >= 4 is 16.7 Å². The van der Waals surface area contributed by atoms with Crippen LogP contribution in [0.1, 0.15) is 25.3 Å². The van der Waals surface area contributed by atoms with E-state index < -0.39 is 0 Å². The molecule has 0 amide bonds. The highest BCUT2D eigenvalue weighted by Crippen LogP contribution is 2.28. The summed E-state index contributed by atoms with van der Waals surface area (Å²) in [6.45, 7) is 2.15. The molecule has 0 aliphatic rings. The predicted octanol–water partition coefficient (Wildman–Crippen LogP) is 2.92. The van der Waals surface area contributed by atoms with Gasteiger partial charge in [-0.2, -0.15) is 0 Å². The maximum atomic E-state index is 12.3. The molecule has 0 unspecified atom stereocenters. The van der Waals surface area contributed by atoms with E-state index in [4.69, 9.17) is 5.73 Å². The number of benzene rings is 1. The first kappa shape index (κ1) is 15.2. The molecule has 0 radical (unpaired) electrons. The summed E-state index contributed by atoms with van der Waals surface area (Å²) in [5.41, 5.74) is 8.60. The van der Waals surface area contributed by atoms with Crippen molar-refractivity contribution in [3.63, 3.8) is 0 Å². The van der Waals surface area contributed by atoms with Gasteiger partial charge >= 0.3 is 0 Å². The largest absolute Gasteiger partial charge is 0.368 e. The standard InChI is InChI=1S/C18H20N4O/c1-3-4-7-12-10-20-18(19)21-16(12)15-11-22(2)17(23)14-9-6-5-8-13(14)15/h5-6,8-11H,3-4,7H2,1-2H3,(H2,19,20,21). The summed E-state index contributed by atoms with van der Waals surface area (Å²) in [6, 6.07) is 7.60. The van der Waals surface area contributed by atoms with Crippen molar-refractivity contribution in [2.24, 2.45) is 7.05 Å². The van der Waals surface area contributed by atoms with Crippen LogP contribution in [0, 0.1) is 0 Å². The molecule has 23 heavy (non-hydrogen) atoms. The third kappa shape index (κ3) is 2.82. The second-order valence-corrected chi connectivity index (χ2v) is 5.71. The number of fused-ring (bicyclic) bond motifs is 1. The lowest BCUT2D eigenvalue weighted by molar-refractivity contribution is 0.789. The summed E-state index contributed by atoms with van der Waals surface area (Å²) in [6.07, 6.45) is 6.68. The van der Waals surface area contributed by atoms with Crippen LogP contribution < -0.4 is 11.3 Å². The van der Waals surface area contributed by atoms with Crippen molar-refractivity contribution in [1.29, 1.82) is 0 Å². The highest BCUT2D eigenvalue weighted by molar-refractivity contribution is 5.95. The fourth-order valence-corrected chi connectivity index (χ4v) is 2.81. The van der Waals surface area contributed by atoms with E-state index in [1.54, 1.807) is 17.8 Å². The van der Waals surface area contributed by atoms with Gasteiger partial charge in [-0.05, 0) is 29.9 Å². The molecule has 5 heteroatoms. The van der Waals surface area contributed by atoms with Gasteiger partial charge in [-0.15, -0.1) is 0 Å². The van der Waals surface area contributed by atoms with Gasteiger partial charge in [-0.1, -0.05) is 31.5 Å². The van der Waals surface area contributed by atoms with E-state index in [0.29, 0.717) is 5.39 Å². The lowest BCUT2D eigenvalue weighted by Gasteiger charge is -2.13. The second kappa shape index (κ2) is 6.20. The molecule has 0 aliphatic heterocycles.